The summed E-state index contributed by atoms with van der Waals surface area (Å²) in [6, 6.07) is 3.49. The molecule has 0 saturated carbocycles. The molecule has 1 aromatic rings. The van der Waals surface area contributed by atoms with E-state index in [2.05, 4.69) is 5.32 Å². The van der Waals surface area contributed by atoms with Crippen molar-refractivity contribution in [3.05, 3.63) is 29.6 Å². The van der Waals surface area contributed by atoms with Gasteiger partial charge < -0.3 is 5.32 Å². The van der Waals surface area contributed by atoms with Gasteiger partial charge in [-0.2, -0.15) is 5.26 Å². The zero-order chi connectivity index (χ0) is 11.4. The van der Waals surface area contributed by atoms with E-state index < -0.39 is 17.5 Å². The number of hydrogen-bond acceptors (Lipinski definition) is 2. The van der Waals surface area contributed by atoms with E-state index in [0.29, 0.717) is 0 Å². The molecule has 5 heteroatoms. The zero-order valence-electron chi connectivity index (χ0n) is 8.02. The van der Waals surface area contributed by atoms with Crippen LogP contribution in [0.4, 0.5) is 18.9 Å². The van der Waals surface area contributed by atoms with E-state index in [-0.39, 0.29) is 18.2 Å². The maximum atomic E-state index is 13.1. The molecule has 0 bridgehead atoms. The standard InChI is InChI=1S/C10H9F3N2/c1-6(4-5-14)15-8-3-2-7(11)9(12)10(8)13/h2-3,6,15H,4H2,1H3. The Morgan fingerprint density at radius 2 is 2.00 bits per heavy atom. The van der Waals surface area contributed by atoms with Crippen LogP contribution in [0.2, 0.25) is 0 Å². The third kappa shape index (κ3) is 2.62. The molecule has 0 aliphatic carbocycles. The lowest BCUT2D eigenvalue weighted by Crippen LogP contribution is -2.15. The molecule has 1 rings (SSSR count). The van der Waals surface area contributed by atoms with Crippen LogP contribution in [0.25, 0.3) is 0 Å². The van der Waals surface area contributed by atoms with Crippen molar-refractivity contribution in [2.45, 2.75) is 19.4 Å². The first kappa shape index (κ1) is 11.4. The second-order valence-corrected chi connectivity index (χ2v) is 3.13. The molecule has 0 spiro atoms. The maximum absolute atomic E-state index is 13.1. The van der Waals surface area contributed by atoms with Crippen LogP contribution in [-0.2, 0) is 0 Å². The number of benzene rings is 1. The number of halogens is 3. The predicted molar refractivity (Wildman–Crippen MR) is 49.6 cm³/mol. The van der Waals surface area contributed by atoms with Crippen LogP contribution >= 0.6 is 0 Å². The van der Waals surface area contributed by atoms with Gasteiger partial charge in [0.2, 0.25) is 0 Å². The summed E-state index contributed by atoms with van der Waals surface area (Å²) in [6.45, 7) is 1.64. The van der Waals surface area contributed by atoms with Gasteiger partial charge in [0.15, 0.2) is 17.5 Å². The van der Waals surface area contributed by atoms with Crippen LogP contribution in [-0.4, -0.2) is 6.04 Å². The second kappa shape index (κ2) is 4.69. The largest absolute Gasteiger partial charge is 0.379 e. The first-order chi connectivity index (χ1) is 7.06. The van der Waals surface area contributed by atoms with E-state index in [0.717, 1.165) is 12.1 Å². The highest BCUT2D eigenvalue weighted by atomic mass is 19.2. The van der Waals surface area contributed by atoms with Gasteiger partial charge in [0.05, 0.1) is 18.2 Å². The normalized spacial score (nSPS) is 11.9. The van der Waals surface area contributed by atoms with Crippen molar-refractivity contribution in [3.63, 3.8) is 0 Å². The Hall–Kier alpha value is -1.70. The quantitative estimate of drug-likeness (QED) is 0.785. The molecule has 0 aliphatic rings. The van der Waals surface area contributed by atoms with E-state index in [4.69, 9.17) is 5.26 Å². The predicted octanol–water partition coefficient (Wildman–Crippen LogP) is 2.82. The van der Waals surface area contributed by atoms with Gasteiger partial charge in [-0.3, -0.25) is 0 Å². The number of rotatable bonds is 3. The van der Waals surface area contributed by atoms with Gasteiger partial charge in [-0.15, -0.1) is 0 Å². The van der Waals surface area contributed by atoms with Crippen molar-refractivity contribution >= 4 is 5.69 Å². The molecule has 1 unspecified atom stereocenters. The Labute approximate surface area is 85.3 Å². The summed E-state index contributed by atoms with van der Waals surface area (Å²) in [4.78, 5) is 0. The summed E-state index contributed by atoms with van der Waals surface area (Å²) < 4.78 is 38.4. The minimum atomic E-state index is -1.51. The summed E-state index contributed by atoms with van der Waals surface area (Å²) in [5.41, 5.74) is -0.142. The fourth-order valence-corrected chi connectivity index (χ4v) is 1.09. The topological polar surface area (TPSA) is 35.8 Å². The minimum Gasteiger partial charge on any atom is -0.379 e. The highest BCUT2D eigenvalue weighted by molar-refractivity contribution is 5.46. The smallest absolute Gasteiger partial charge is 0.196 e. The van der Waals surface area contributed by atoms with E-state index in [1.165, 1.54) is 0 Å². The van der Waals surface area contributed by atoms with E-state index in [1.54, 1.807) is 6.92 Å². The van der Waals surface area contributed by atoms with Gasteiger partial charge in [0, 0.05) is 6.04 Å². The fourth-order valence-electron chi connectivity index (χ4n) is 1.09. The maximum Gasteiger partial charge on any atom is 0.196 e. The number of hydrogen-bond donors (Lipinski definition) is 1. The van der Waals surface area contributed by atoms with Crippen molar-refractivity contribution < 1.29 is 13.2 Å². The van der Waals surface area contributed by atoms with Crippen LogP contribution in [0, 0.1) is 28.8 Å². The average molecular weight is 214 g/mol. The van der Waals surface area contributed by atoms with Crippen LogP contribution < -0.4 is 5.32 Å². The molecule has 0 amide bonds. The monoisotopic (exact) mass is 214 g/mol. The van der Waals surface area contributed by atoms with E-state index in [1.807, 2.05) is 6.07 Å². The van der Waals surface area contributed by atoms with Crippen molar-refractivity contribution in [1.29, 1.82) is 5.26 Å². The second-order valence-electron chi connectivity index (χ2n) is 3.13. The minimum absolute atomic E-state index is 0.142. The molecule has 1 aromatic carbocycles. The Bertz CT molecular complexity index is 398. The summed E-state index contributed by atoms with van der Waals surface area (Å²) in [5, 5.41) is 10.9. The summed E-state index contributed by atoms with van der Waals surface area (Å²) in [5.74, 6) is -4.00. The lowest BCUT2D eigenvalue weighted by Gasteiger charge is -2.12. The summed E-state index contributed by atoms with van der Waals surface area (Å²) in [7, 11) is 0. The first-order valence-electron chi connectivity index (χ1n) is 4.33. The summed E-state index contributed by atoms with van der Waals surface area (Å²) >= 11 is 0. The summed E-state index contributed by atoms with van der Waals surface area (Å²) in [6.07, 6.45) is 0.151. The van der Waals surface area contributed by atoms with E-state index >= 15 is 0 Å². The third-order valence-electron chi connectivity index (χ3n) is 1.83. The fraction of sp³-hybridized carbons (Fsp3) is 0.300. The van der Waals surface area contributed by atoms with Gasteiger partial charge in [0.25, 0.3) is 0 Å². The molecular weight excluding hydrogens is 205 g/mol. The Morgan fingerprint density at radius 3 is 2.60 bits per heavy atom. The number of nitrogens with zero attached hydrogens (tertiary/aromatic N) is 1. The molecule has 80 valence electrons. The Kier molecular flexibility index (Phi) is 3.56. The van der Waals surface area contributed by atoms with E-state index in [9.17, 15) is 13.2 Å². The molecule has 2 nitrogen and oxygen atoms in total. The molecular formula is C10H9F3N2. The Morgan fingerprint density at radius 1 is 1.33 bits per heavy atom. The van der Waals surface area contributed by atoms with Crippen molar-refractivity contribution in [1.82, 2.24) is 0 Å². The third-order valence-corrected chi connectivity index (χ3v) is 1.83. The van der Waals surface area contributed by atoms with Crippen LogP contribution in [0.1, 0.15) is 13.3 Å². The number of anilines is 1. The molecule has 0 aliphatic heterocycles. The Balaban J connectivity index is 2.88. The van der Waals surface area contributed by atoms with Crippen molar-refractivity contribution in [2.75, 3.05) is 5.32 Å². The molecule has 0 fully saturated rings. The lowest BCUT2D eigenvalue weighted by molar-refractivity contribution is 0.448. The highest BCUT2D eigenvalue weighted by Gasteiger charge is 2.14. The van der Waals surface area contributed by atoms with Crippen LogP contribution in [0.3, 0.4) is 0 Å². The average Bonchev–Trinajstić information content (AvgIpc) is 2.20. The number of nitrogens with one attached hydrogen (secondary N) is 1. The molecule has 0 saturated heterocycles. The SMILES string of the molecule is CC(CC#N)Nc1ccc(F)c(F)c1F. The van der Waals surface area contributed by atoms with Gasteiger partial charge in [-0.05, 0) is 19.1 Å². The highest BCUT2D eigenvalue weighted by Crippen LogP contribution is 2.20. The molecule has 1 atom stereocenters. The van der Waals surface area contributed by atoms with Crippen LogP contribution in [0.15, 0.2) is 12.1 Å². The van der Waals surface area contributed by atoms with Gasteiger partial charge in [-0.25, -0.2) is 13.2 Å². The first-order valence-corrected chi connectivity index (χ1v) is 4.33. The lowest BCUT2D eigenvalue weighted by atomic mass is 10.2. The number of nitriles is 1. The molecule has 0 radical (unpaired) electrons. The van der Waals surface area contributed by atoms with Crippen molar-refractivity contribution in [2.24, 2.45) is 0 Å². The zero-order valence-corrected chi connectivity index (χ0v) is 8.02. The molecule has 15 heavy (non-hydrogen) atoms. The van der Waals surface area contributed by atoms with Gasteiger partial charge in [0.1, 0.15) is 0 Å². The van der Waals surface area contributed by atoms with Crippen LogP contribution in [0.5, 0.6) is 0 Å². The van der Waals surface area contributed by atoms with Gasteiger partial charge in [-0.1, -0.05) is 0 Å². The molecule has 1 N–H and O–H groups in total. The molecule has 0 aromatic heterocycles. The van der Waals surface area contributed by atoms with Crippen molar-refractivity contribution in [3.8, 4) is 6.07 Å². The molecule has 0 heterocycles. The van der Waals surface area contributed by atoms with Gasteiger partial charge >= 0.3 is 0 Å².